The van der Waals surface area contributed by atoms with E-state index >= 15 is 0 Å². The third-order valence-electron chi connectivity index (χ3n) is 2.96. The molecule has 0 saturated heterocycles. The normalized spacial score (nSPS) is 10.6. The number of benzene rings is 2. The second kappa shape index (κ2) is 4.57. The molecule has 0 saturated carbocycles. The average molecular weight is 251 g/mol. The number of nitrogen functional groups attached to an aromatic ring is 1. The highest BCUT2D eigenvalue weighted by Crippen LogP contribution is 2.28. The number of ether oxygens (including phenoxy) is 1. The summed E-state index contributed by atoms with van der Waals surface area (Å²) in [6, 6.07) is 15.6. The van der Waals surface area contributed by atoms with E-state index in [9.17, 15) is 0 Å². The molecule has 1 heterocycles. The molecule has 3 aromatic rings. The minimum atomic E-state index is 0.275. The maximum atomic E-state index is 5.78. The van der Waals surface area contributed by atoms with Gasteiger partial charge < -0.3 is 10.5 Å². The number of nitrogens with zero attached hydrogens (tertiary/aromatic N) is 2. The smallest absolute Gasteiger partial charge is 0.221 e. The number of anilines is 1. The molecule has 1 aromatic heterocycles. The summed E-state index contributed by atoms with van der Waals surface area (Å²) in [7, 11) is 1.64. The Kier molecular flexibility index (Phi) is 2.76. The first-order valence-electron chi connectivity index (χ1n) is 5.94. The number of methoxy groups -OCH3 is 1. The molecule has 0 atom stereocenters. The van der Waals surface area contributed by atoms with Crippen LogP contribution in [0.2, 0.25) is 0 Å². The van der Waals surface area contributed by atoms with Gasteiger partial charge in [0.1, 0.15) is 5.75 Å². The number of aromatic nitrogens is 2. The lowest BCUT2D eigenvalue weighted by Gasteiger charge is -2.08. The Morgan fingerprint density at radius 3 is 2.68 bits per heavy atom. The second-order valence-corrected chi connectivity index (χ2v) is 4.18. The molecule has 94 valence electrons. The van der Waals surface area contributed by atoms with E-state index in [1.54, 1.807) is 7.11 Å². The van der Waals surface area contributed by atoms with E-state index in [4.69, 9.17) is 10.5 Å². The summed E-state index contributed by atoms with van der Waals surface area (Å²) in [6.07, 6.45) is 0. The molecule has 0 aliphatic carbocycles. The van der Waals surface area contributed by atoms with Crippen LogP contribution in [0.5, 0.6) is 5.75 Å². The van der Waals surface area contributed by atoms with E-state index in [0.717, 1.165) is 27.9 Å². The summed E-state index contributed by atoms with van der Waals surface area (Å²) in [5.41, 5.74) is 8.40. The average Bonchev–Trinajstić information content (AvgIpc) is 2.46. The molecule has 2 aromatic carbocycles. The van der Waals surface area contributed by atoms with Crippen molar-refractivity contribution < 1.29 is 4.74 Å². The van der Waals surface area contributed by atoms with Gasteiger partial charge in [-0.05, 0) is 18.2 Å². The number of para-hydroxylation sites is 1. The van der Waals surface area contributed by atoms with Gasteiger partial charge in [0.2, 0.25) is 5.95 Å². The number of rotatable bonds is 2. The van der Waals surface area contributed by atoms with Crippen LogP contribution < -0.4 is 10.5 Å². The molecular formula is C15H13N3O. The number of fused-ring (bicyclic) bond motifs is 1. The monoisotopic (exact) mass is 251 g/mol. The summed E-state index contributed by atoms with van der Waals surface area (Å²) < 4.78 is 5.24. The van der Waals surface area contributed by atoms with Gasteiger partial charge in [0, 0.05) is 10.9 Å². The van der Waals surface area contributed by atoms with Crippen molar-refractivity contribution in [3.05, 3.63) is 48.5 Å². The minimum Gasteiger partial charge on any atom is -0.497 e. The first-order chi connectivity index (χ1) is 9.28. The van der Waals surface area contributed by atoms with Crippen LogP contribution in [-0.2, 0) is 0 Å². The first-order valence-corrected chi connectivity index (χ1v) is 5.94. The molecule has 4 heteroatoms. The number of hydrogen-bond donors (Lipinski definition) is 1. The van der Waals surface area contributed by atoms with Gasteiger partial charge in [-0.15, -0.1) is 0 Å². The maximum Gasteiger partial charge on any atom is 0.221 e. The number of hydrogen-bond acceptors (Lipinski definition) is 4. The summed E-state index contributed by atoms with van der Waals surface area (Å²) in [5.74, 6) is 1.07. The lowest BCUT2D eigenvalue weighted by molar-refractivity contribution is 0.415. The minimum absolute atomic E-state index is 0.275. The van der Waals surface area contributed by atoms with Crippen LogP contribution >= 0.6 is 0 Å². The topological polar surface area (TPSA) is 61.0 Å². The molecule has 0 radical (unpaired) electrons. The molecule has 3 rings (SSSR count). The Balaban J connectivity index is 2.29. The van der Waals surface area contributed by atoms with Crippen molar-refractivity contribution in [1.82, 2.24) is 9.97 Å². The van der Waals surface area contributed by atoms with E-state index in [0.29, 0.717) is 0 Å². The Hall–Kier alpha value is -2.62. The van der Waals surface area contributed by atoms with Crippen LogP contribution in [0, 0.1) is 0 Å². The summed E-state index contributed by atoms with van der Waals surface area (Å²) >= 11 is 0. The summed E-state index contributed by atoms with van der Waals surface area (Å²) in [5, 5.41) is 0.977. The van der Waals surface area contributed by atoms with Crippen molar-refractivity contribution in [2.45, 2.75) is 0 Å². The molecule has 0 unspecified atom stereocenters. The zero-order valence-electron chi connectivity index (χ0n) is 10.5. The molecular weight excluding hydrogens is 238 g/mol. The van der Waals surface area contributed by atoms with Crippen LogP contribution in [0.1, 0.15) is 0 Å². The van der Waals surface area contributed by atoms with Gasteiger partial charge in [0.15, 0.2) is 0 Å². The lowest BCUT2D eigenvalue weighted by Crippen LogP contribution is -1.98. The third-order valence-corrected chi connectivity index (χ3v) is 2.96. The quantitative estimate of drug-likeness (QED) is 0.760. The van der Waals surface area contributed by atoms with Crippen molar-refractivity contribution in [3.8, 4) is 17.0 Å². The van der Waals surface area contributed by atoms with Crippen LogP contribution in [0.25, 0.3) is 22.2 Å². The molecule has 0 aliphatic heterocycles. The molecule has 0 fully saturated rings. The van der Waals surface area contributed by atoms with E-state index in [1.807, 2.05) is 48.5 Å². The molecule has 2 N–H and O–H groups in total. The Morgan fingerprint density at radius 1 is 1.00 bits per heavy atom. The van der Waals surface area contributed by atoms with Crippen molar-refractivity contribution in [2.75, 3.05) is 12.8 Å². The molecule has 4 nitrogen and oxygen atoms in total. The van der Waals surface area contributed by atoms with Gasteiger partial charge >= 0.3 is 0 Å². The van der Waals surface area contributed by atoms with E-state index in [2.05, 4.69) is 9.97 Å². The van der Waals surface area contributed by atoms with Crippen LogP contribution in [-0.4, -0.2) is 17.1 Å². The Bertz CT molecular complexity index is 740. The van der Waals surface area contributed by atoms with Crippen LogP contribution in [0.3, 0.4) is 0 Å². The van der Waals surface area contributed by atoms with Gasteiger partial charge in [-0.1, -0.05) is 30.3 Å². The summed E-state index contributed by atoms with van der Waals surface area (Å²) in [4.78, 5) is 8.60. The predicted octanol–water partition coefficient (Wildman–Crippen LogP) is 2.89. The Morgan fingerprint density at radius 2 is 1.84 bits per heavy atom. The summed E-state index contributed by atoms with van der Waals surface area (Å²) in [6.45, 7) is 0. The van der Waals surface area contributed by atoms with E-state index in [-0.39, 0.29) is 5.95 Å². The lowest BCUT2D eigenvalue weighted by atomic mass is 10.1. The molecule has 0 amide bonds. The van der Waals surface area contributed by atoms with Crippen molar-refractivity contribution in [2.24, 2.45) is 0 Å². The zero-order chi connectivity index (χ0) is 13.2. The number of nitrogens with two attached hydrogens (primary N) is 1. The van der Waals surface area contributed by atoms with Crippen LogP contribution in [0.4, 0.5) is 5.95 Å². The molecule has 0 spiro atoms. The van der Waals surface area contributed by atoms with Gasteiger partial charge in [0.25, 0.3) is 0 Å². The highest BCUT2D eigenvalue weighted by Gasteiger charge is 2.08. The highest BCUT2D eigenvalue weighted by atomic mass is 16.5. The molecule has 19 heavy (non-hydrogen) atoms. The van der Waals surface area contributed by atoms with Gasteiger partial charge in [-0.3, -0.25) is 0 Å². The van der Waals surface area contributed by atoms with Gasteiger partial charge in [0.05, 0.1) is 18.3 Å². The first kappa shape index (κ1) is 11.5. The maximum absolute atomic E-state index is 5.78. The fourth-order valence-electron chi connectivity index (χ4n) is 2.08. The van der Waals surface area contributed by atoms with Gasteiger partial charge in [-0.25, -0.2) is 9.97 Å². The van der Waals surface area contributed by atoms with Gasteiger partial charge in [-0.2, -0.15) is 0 Å². The van der Waals surface area contributed by atoms with E-state index < -0.39 is 0 Å². The largest absolute Gasteiger partial charge is 0.497 e. The van der Waals surface area contributed by atoms with Crippen LogP contribution in [0.15, 0.2) is 48.5 Å². The SMILES string of the molecule is COc1cccc(-c2nc(N)nc3ccccc23)c1. The fourth-order valence-corrected chi connectivity index (χ4v) is 2.08. The van der Waals surface area contributed by atoms with E-state index in [1.165, 1.54) is 0 Å². The van der Waals surface area contributed by atoms with Crippen molar-refractivity contribution in [1.29, 1.82) is 0 Å². The predicted molar refractivity (Wildman–Crippen MR) is 75.9 cm³/mol. The standard InChI is InChI=1S/C15H13N3O/c1-19-11-6-4-5-10(9-11)14-12-7-2-3-8-13(12)17-15(16)18-14/h2-9H,1H3,(H2,16,17,18). The van der Waals surface area contributed by atoms with Crippen molar-refractivity contribution in [3.63, 3.8) is 0 Å². The highest BCUT2D eigenvalue weighted by molar-refractivity contribution is 5.93. The zero-order valence-corrected chi connectivity index (χ0v) is 10.5. The molecule has 0 bridgehead atoms. The second-order valence-electron chi connectivity index (χ2n) is 4.18. The van der Waals surface area contributed by atoms with Crippen molar-refractivity contribution >= 4 is 16.9 Å². The Labute approximate surface area is 110 Å². The fraction of sp³-hybridized carbons (Fsp3) is 0.0667. The third kappa shape index (κ3) is 2.08. The molecule has 0 aliphatic rings.